The monoisotopic (exact) mass is 392 g/mol. The van der Waals surface area contributed by atoms with Crippen molar-refractivity contribution in [1.29, 1.82) is 0 Å². The van der Waals surface area contributed by atoms with Crippen LogP contribution in [0, 0.1) is 0 Å². The van der Waals surface area contributed by atoms with Gasteiger partial charge < -0.3 is 14.2 Å². The Labute approximate surface area is 169 Å². The number of hydrogen-bond donors (Lipinski definition) is 0. The Morgan fingerprint density at radius 1 is 0.893 bits per heavy atom. The maximum Gasteiger partial charge on any atom is 0.355 e. The lowest BCUT2D eigenvalue weighted by atomic mass is 9.95. The summed E-state index contributed by atoms with van der Waals surface area (Å²) in [5.74, 6) is -0.225. The fourth-order valence-corrected chi connectivity index (χ4v) is 2.85. The highest BCUT2D eigenvalue weighted by atomic mass is 16.6. The number of unbranched alkanes of at least 4 members (excludes halogenated alkanes) is 5. The minimum Gasteiger partial charge on any atom is -0.494 e. The minimum absolute atomic E-state index is 0.222. The van der Waals surface area contributed by atoms with Crippen molar-refractivity contribution in [1.82, 2.24) is 0 Å². The molecule has 1 aromatic rings. The first-order valence-corrected chi connectivity index (χ1v) is 10.6. The maximum atomic E-state index is 12.5. The molecule has 0 N–H and O–H groups in total. The molecule has 0 spiro atoms. The highest BCUT2D eigenvalue weighted by Crippen LogP contribution is 2.30. The molecule has 5 nitrogen and oxygen atoms in total. The van der Waals surface area contributed by atoms with Gasteiger partial charge in [-0.15, -0.1) is 0 Å². The van der Waals surface area contributed by atoms with Crippen LogP contribution in [0.2, 0.25) is 0 Å². The Morgan fingerprint density at radius 3 is 2.14 bits per heavy atom. The molecule has 0 heterocycles. The summed E-state index contributed by atoms with van der Waals surface area (Å²) in [7, 11) is 0. The largest absolute Gasteiger partial charge is 0.494 e. The number of rotatable bonds is 14. The number of hydrogen-bond acceptors (Lipinski definition) is 5. The van der Waals surface area contributed by atoms with Crippen LogP contribution in [0.1, 0.15) is 84.6 Å². The second kappa shape index (κ2) is 13.2. The summed E-state index contributed by atoms with van der Waals surface area (Å²) >= 11 is 0. The topological polar surface area (TPSA) is 61.8 Å². The van der Waals surface area contributed by atoms with Crippen molar-refractivity contribution in [3.63, 3.8) is 0 Å². The molecule has 0 fully saturated rings. The van der Waals surface area contributed by atoms with Gasteiger partial charge in [0.1, 0.15) is 5.75 Å². The molecular formula is C23H36O5. The van der Waals surface area contributed by atoms with Crippen LogP contribution in [-0.4, -0.2) is 25.2 Å². The predicted molar refractivity (Wildman–Crippen MR) is 110 cm³/mol. The smallest absolute Gasteiger partial charge is 0.355 e. The van der Waals surface area contributed by atoms with Crippen LogP contribution < -0.4 is 4.74 Å². The van der Waals surface area contributed by atoms with Crippen molar-refractivity contribution in [3.05, 3.63) is 29.8 Å². The third kappa shape index (κ3) is 7.91. The first kappa shape index (κ1) is 24.0. The van der Waals surface area contributed by atoms with Crippen LogP contribution in [0.4, 0.5) is 0 Å². The Kier molecular flexibility index (Phi) is 11.3. The third-order valence-corrected chi connectivity index (χ3v) is 4.64. The Morgan fingerprint density at radius 2 is 1.54 bits per heavy atom. The summed E-state index contributed by atoms with van der Waals surface area (Å²) in [6.07, 6.45) is 7.81. The SMILES string of the molecule is CCCCCCCOc1ccc(C(C)(OC(=O)CCCC)C(=O)OCC)cc1. The molecule has 0 saturated carbocycles. The minimum atomic E-state index is -1.46. The highest BCUT2D eigenvalue weighted by molar-refractivity contribution is 5.84. The van der Waals surface area contributed by atoms with Crippen molar-refractivity contribution in [2.24, 2.45) is 0 Å². The van der Waals surface area contributed by atoms with E-state index < -0.39 is 17.5 Å². The average molecular weight is 393 g/mol. The molecule has 28 heavy (non-hydrogen) atoms. The van der Waals surface area contributed by atoms with Gasteiger partial charge in [0.15, 0.2) is 0 Å². The fourth-order valence-electron chi connectivity index (χ4n) is 2.85. The molecule has 0 amide bonds. The molecule has 158 valence electrons. The molecule has 5 heteroatoms. The summed E-state index contributed by atoms with van der Waals surface area (Å²) in [5, 5.41) is 0. The Hall–Kier alpha value is -2.04. The van der Waals surface area contributed by atoms with Crippen molar-refractivity contribution >= 4 is 11.9 Å². The van der Waals surface area contributed by atoms with Crippen molar-refractivity contribution in [2.45, 2.75) is 84.7 Å². The van der Waals surface area contributed by atoms with Gasteiger partial charge in [-0.05, 0) is 38.8 Å². The van der Waals surface area contributed by atoms with Crippen LogP contribution in [-0.2, 0) is 24.7 Å². The Balaban J connectivity index is 2.76. The molecule has 0 aliphatic carbocycles. The molecule has 1 rings (SSSR count). The average Bonchev–Trinajstić information content (AvgIpc) is 2.69. The molecule has 0 aliphatic rings. The van der Waals surface area contributed by atoms with E-state index in [9.17, 15) is 9.59 Å². The van der Waals surface area contributed by atoms with E-state index in [1.165, 1.54) is 25.7 Å². The quantitative estimate of drug-likeness (QED) is 0.307. The molecule has 1 aromatic carbocycles. The number of benzene rings is 1. The molecule has 0 aromatic heterocycles. The lowest BCUT2D eigenvalue weighted by Crippen LogP contribution is -2.39. The number of ether oxygens (including phenoxy) is 3. The van der Waals surface area contributed by atoms with Crippen LogP contribution in [0.3, 0.4) is 0 Å². The lowest BCUT2D eigenvalue weighted by molar-refractivity contribution is -0.182. The summed E-state index contributed by atoms with van der Waals surface area (Å²) in [6, 6.07) is 7.13. The van der Waals surface area contributed by atoms with E-state index in [2.05, 4.69) is 6.92 Å². The number of carbonyl (C=O) groups is 2. The highest BCUT2D eigenvalue weighted by Gasteiger charge is 2.41. The Bertz CT molecular complexity index is 581. The maximum absolute atomic E-state index is 12.5. The first-order valence-electron chi connectivity index (χ1n) is 10.6. The van der Waals surface area contributed by atoms with Gasteiger partial charge in [0.05, 0.1) is 13.2 Å². The summed E-state index contributed by atoms with van der Waals surface area (Å²) in [6.45, 7) is 8.40. The van der Waals surface area contributed by atoms with Gasteiger partial charge in [0, 0.05) is 12.0 Å². The molecule has 1 atom stereocenters. The van der Waals surface area contributed by atoms with E-state index in [-0.39, 0.29) is 13.0 Å². The summed E-state index contributed by atoms with van der Waals surface area (Å²) in [5.41, 5.74) is -0.884. The number of esters is 2. The van der Waals surface area contributed by atoms with Gasteiger partial charge >= 0.3 is 11.9 Å². The lowest BCUT2D eigenvalue weighted by Gasteiger charge is -2.28. The van der Waals surface area contributed by atoms with E-state index in [4.69, 9.17) is 14.2 Å². The van der Waals surface area contributed by atoms with Gasteiger partial charge in [-0.25, -0.2) is 4.79 Å². The standard InChI is InChI=1S/C23H36O5/c1-5-8-10-11-12-18-27-20-16-14-19(15-17-20)23(4,22(25)26-7-3)28-21(24)13-9-6-2/h14-17H,5-13,18H2,1-4H3. The van der Waals surface area contributed by atoms with Gasteiger partial charge in [-0.1, -0.05) is 58.1 Å². The van der Waals surface area contributed by atoms with Crippen LogP contribution in [0.15, 0.2) is 24.3 Å². The fraction of sp³-hybridized carbons (Fsp3) is 0.652. The van der Waals surface area contributed by atoms with Gasteiger partial charge in [-0.2, -0.15) is 0 Å². The predicted octanol–water partition coefficient (Wildman–Crippen LogP) is 5.55. The normalized spacial score (nSPS) is 12.9. The second-order valence-electron chi connectivity index (χ2n) is 7.12. The zero-order valence-corrected chi connectivity index (χ0v) is 17.9. The van der Waals surface area contributed by atoms with Gasteiger partial charge in [0.2, 0.25) is 5.60 Å². The van der Waals surface area contributed by atoms with Crippen LogP contribution in [0.25, 0.3) is 0 Å². The van der Waals surface area contributed by atoms with E-state index in [0.717, 1.165) is 25.0 Å². The van der Waals surface area contributed by atoms with Crippen molar-refractivity contribution in [2.75, 3.05) is 13.2 Å². The van der Waals surface area contributed by atoms with Gasteiger partial charge in [0.25, 0.3) is 0 Å². The van der Waals surface area contributed by atoms with Crippen LogP contribution in [0.5, 0.6) is 5.75 Å². The molecule has 1 unspecified atom stereocenters. The second-order valence-corrected chi connectivity index (χ2v) is 7.12. The van der Waals surface area contributed by atoms with E-state index >= 15 is 0 Å². The third-order valence-electron chi connectivity index (χ3n) is 4.64. The summed E-state index contributed by atoms with van der Waals surface area (Å²) < 4.78 is 16.5. The van der Waals surface area contributed by atoms with Gasteiger partial charge in [-0.3, -0.25) is 4.79 Å². The van der Waals surface area contributed by atoms with E-state index in [0.29, 0.717) is 12.2 Å². The van der Waals surface area contributed by atoms with E-state index in [1.807, 2.05) is 6.92 Å². The zero-order chi connectivity index (χ0) is 20.8. The van der Waals surface area contributed by atoms with Crippen molar-refractivity contribution in [3.8, 4) is 5.75 Å². The van der Waals surface area contributed by atoms with Crippen molar-refractivity contribution < 1.29 is 23.8 Å². The van der Waals surface area contributed by atoms with E-state index in [1.54, 1.807) is 38.1 Å². The molecule has 0 aliphatic heterocycles. The molecule has 0 saturated heterocycles. The molecule has 0 radical (unpaired) electrons. The first-order chi connectivity index (χ1) is 13.5. The summed E-state index contributed by atoms with van der Waals surface area (Å²) in [4.78, 5) is 24.7. The van der Waals surface area contributed by atoms with Crippen LogP contribution >= 0.6 is 0 Å². The zero-order valence-electron chi connectivity index (χ0n) is 17.9. The molecular weight excluding hydrogens is 356 g/mol. The molecule has 0 bridgehead atoms. The number of carbonyl (C=O) groups excluding carboxylic acids is 2.